The van der Waals surface area contributed by atoms with E-state index in [2.05, 4.69) is 5.32 Å². The SMILES string of the molecule is CNC1C=CN(C(=O)OCc2ccccc2)C=C1. The van der Waals surface area contributed by atoms with Gasteiger partial charge in [0.1, 0.15) is 6.61 Å². The first-order valence-corrected chi connectivity index (χ1v) is 5.82. The molecule has 0 unspecified atom stereocenters. The number of nitrogens with zero attached hydrogens (tertiary/aromatic N) is 1. The van der Waals surface area contributed by atoms with Gasteiger partial charge in [-0.25, -0.2) is 4.79 Å². The lowest BCUT2D eigenvalue weighted by Crippen LogP contribution is -2.28. The predicted molar refractivity (Wildman–Crippen MR) is 69.6 cm³/mol. The van der Waals surface area contributed by atoms with Crippen LogP contribution in [0.2, 0.25) is 0 Å². The molecule has 1 aliphatic rings. The van der Waals surface area contributed by atoms with Crippen molar-refractivity contribution in [2.24, 2.45) is 0 Å². The van der Waals surface area contributed by atoms with Gasteiger partial charge < -0.3 is 10.1 Å². The van der Waals surface area contributed by atoms with Crippen molar-refractivity contribution in [2.75, 3.05) is 7.05 Å². The van der Waals surface area contributed by atoms with E-state index in [-0.39, 0.29) is 18.7 Å². The number of rotatable bonds is 3. The molecule has 0 aliphatic carbocycles. The third-order valence-corrected chi connectivity index (χ3v) is 2.66. The first-order chi connectivity index (χ1) is 8.79. The quantitative estimate of drug-likeness (QED) is 0.886. The van der Waals surface area contributed by atoms with Crippen molar-refractivity contribution < 1.29 is 9.53 Å². The van der Waals surface area contributed by atoms with Gasteiger partial charge in [0.2, 0.25) is 0 Å². The minimum Gasteiger partial charge on any atom is -0.444 e. The molecule has 1 heterocycles. The average molecular weight is 244 g/mol. The molecule has 0 saturated carbocycles. The highest BCUT2D eigenvalue weighted by molar-refractivity contribution is 5.70. The third kappa shape index (κ3) is 3.21. The molecule has 0 atom stereocenters. The number of amides is 1. The van der Waals surface area contributed by atoms with Crippen molar-refractivity contribution in [3.05, 3.63) is 60.4 Å². The maximum absolute atomic E-state index is 11.7. The number of benzene rings is 1. The zero-order valence-corrected chi connectivity index (χ0v) is 10.2. The number of nitrogens with one attached hydrogen (secondary N) is 1. The summed E-state index contributed by atoms with van der Waals surface area (Å²) in [5, 5.41) is 3.07. The summed E-state index contributed by atoms with van der Waals surface area (Å²) in [6, 6.07) is 9.78. The first-order valence-electron chi connectivity index (χ1n) is 5.82. The second-order valence-electron chi connectivity index (χ2n) is 3.94. The van der Waals surface area contributed by atoms with Crippen LogP contribution in [0.5, 0.6) is 0 Å². The minimum absolute atomic E-state index is 0.170. The Morgan fingerprint density at radius 1 is 1.28 bits per heavy atom. The Balaban J connectivity index is 1.85. The van der Waals surface area contributed by atoms with Crippen LogP contribution in [0.1, 0.15) is 5.56 Å². The highest BCUT2D eigenvalue weighted by Gasteiger charge is 2.13. The van der Waals surface area contributed by atoms with Crippen LogP contribution in [0.3, 0.4) is 0 Å². The Labute approximate surface area is 107 Å². The summed E-state index contributed by atoms with van der Waals surface area (Å²) in [5.41, 5.74) is 0.976. The molecular formula is C14H16N2O2. The number of carbonyl (C=O) groups is 1. The van der Waals surface area contributed by atoms with Crippen molar-refractivity contribution in [1.29, 1.82) is 0 Å². The molecule has 0 aromatic heterocycles. The summed E-state index contributed by atoms with van der Waals surface area (Å²) in [4.78, 5) is 13.2. The van der Waals surface area contributed by atoms with Crippen LogP contribution >= 0.6 is 0 Å². The molecule has 1 aromatic rings. The van der Waals surface area contributed by atoms with Crippen LogP contribution in [0, 0.1) is 0 Å². The van der Waals surface area contributed by atoms with Gasteiger partial charge in [-0.15, -0.1) is 0 Å². The smallest absolute Gasteiger partial charge is 0.418 e. The maximum Gasteiger partial charge on any atom is 0.418 e. The van der Waals surface area contributed by atoms with Gasteiger partial charge in [0.05, 0.1) is 0 Å². The van der Waals surface area contributed by atoms with Crippen LogP contribution in [0.25, 0.3) is 0 Å². The van der Waals surface area contributed by atoms with Crippen molar-refractivity contribution >= 4 is 6.09 Å². The van der Waals surface area contributed by atoms with E-state index < -0.39 is 0 Å². The van der Waals surface area contributed by atoms with Crippen LogP contribution in [-0.4, -0.2) is 24.1 Å². The average Bonchev–Trinajstić information content (AvgIpc) is 2.46. The number of hydrogen-bond donors (Lipinski definition) is 1. The molecule has 0 saturated heterocycles. The number of carbonyl (C=O) groups excluding carboxylic acids is 1. The third-order valence-electron chi connectivity index (χ3n) is 2.66. The highest BCUT2D eigenvalue weighted by atomic mass is 16.6. The summed E-state index contributed by atoms with van der Waals surface area (Å²) < 4.78 is 5.20. The first kappa shape index (κ1) is 12.4. The summed E-state index contributed by atoms with van der Waals surface area (Å²) in [7, 11) is 1.86. The Kier molecular flexibility index (Phi) is 4.15. The normalized spacial score (nSPS) is 14.8. The van der Waals surface area contributed by atoms with Crippen molar-refractivity contribution in [1.82, 2.24) is 10.2 Å². The van der Waals surface area contributed by atoms with Crippen LogP contribution in [-0.2, 0) is 11.3 Å². The molecule has 0 radical (unpaired) electrons. The molecule has 4 nitrogen and oxygen atoms in total. The number of ether oxygens (including phenoxy) is 1. The summed E-state index contributed by atoms with van der Waals surface area (Å²) in [6.07, 6.45) is 6.82. The summed E-state index contributed by atoms with van der Waals surface area (Å²) in [6.45, 7) is 0.285. The van der Waals surface area contributed by atoms with Gasteiger partial charge in [0.25, 0.3) is 0 Å². The van der Waals surface area contributed by atoms with Gasteiger partial charge in [0, 0.05) is 18.4 Å². The van der Waals surface area contributed by atoms with Crippen molar-refractivity contribution in [2.45, 2.75) is 12.6 Å². The monoisotopic (exact) mass is 244 g/mol. The number of hydrogen-bond acceptors (Lipinski definition) is 3. The highest BCUT2D eigenvalue weighted by Crippen LogP contribution is 2.08. The Bertz CT molecular complexity index is 440. The van der Waals surface area contributed by atoms with Crippen LogP contribution < -0.4 is 5.32 Å². The lowest BCUT2D eigenvalue weighted by atomic mass is 10.2. The number of likely N-dealkylation sites (N-methyl/N-ethyl adjacent to an activating group) is 1. The van der Waals surface area contributed by atoms with E-state index in [1.807, 2.05) is 49.5 Å². The second kappa shape index (κ2) is 6.02. The van der Waals surface area contributed by atoms with E-state index in [0.29, 0.717) is 0 Å². The fourth-order valence-corrected chi connectivity index (χ4v) is 1.59. The van der Waals surface area contributed by atoms with Gasteiger partial charge in [-0.05, 0) is 24.8 Å². The van der Waals surface area contributed by atoms with E-state index in [0.717, 1.165) is 5.56 Å². The molecule has 2 rings (SSSR count). The van der Waals surface area contributed by atoms with Crippen molar-refractivity contribution in [3.63, 3.8) is 0 Å². The van der Waals surface area contributed by atoms with Gasteiger partial charge in [-0.2, -0.15) is 0 Å². The summed E-state index contributed by atoms with van der Waals surface area (Å²) >= 11 is 0. The maximum atomic E-state index is 11.7. The Hall–Kier alpha value is -2.07. The molecule has 1 aromatic carbocycles. The van der Waals surface area contributed by atoms with E-state index in [1.54, 1.807) is 12.4 Å². The molecule has 1 aliphatic heterocycles. The Morgan fingerprint density at radius 2 is 1.94 bits per heavy atom. The zero-order chi connectivity index (χ0) is 12.8. The molecule has 1 N–H and O–H groups in total. The van der Waals surface area contributed by atoms with E-state index >= 15 is 0 Å². The zero-order valence-electron chi connectivity index (χ0n) is 10.2. The lowest BCUT2D eigenvalue weighted by molar-refractivity contribution is 0.120. The predicted octanol–water partition coefficient (Wildman–Crippen LogP) is 2.25. The molecule has 18 heavy (non-hydrogen) atoms. The second-order valence-corrected chi connectivity index (χ2v) is 3.94. The van der Waals surface area contributed by atoms with Gasteiger partial charge in [0.15, 0.2) is 0 Å². The fraction of sp³-hybridized carbons (Fsp3) is 0.214. The standard InChI is InChI=1S/C14H16N2O2/c1-15-13-7-9-16(10-8-13)14(17)18-11-12-5-3-2-4-6-12/h2-10,13,15H,11H2,1H3. The molecule has 0 bridgehead atoms. The molecule has 94 valence electrons. The lowest BCUT2D eigenvalue weighted by Gasteiger charge is -2.19. The van der Waals surface area contributed by atoms with E-state index in [1.165, 1.54) is 4.90 Å². The van der Waals surface area contributed by atoms with E-state index in [4.69, 9.17) is 4.74 Å². The fourth-order valence-electron chi connectivity index (χ4n) is 1.59. The van der Waals surface area contributed by atoms with E-state index in [9.17, 15) is 4.79 Å². The van der Waals surface area contributed by atoms with Crippen LogP contribution in [0.4, 0.5) is 4.79 Å². The minimum atomic E-state index is -0.374. The van der Waals surface area contributed by atoms with Crippen LogP contribution in [0.15, 0.2) is 54.9 Å². The molecule has 1 amide bonds. The largest absolute Gasteiger partial charge is 0.444 e. The topological polar surface area (TPSA) is 41.6 Å². The summed E-state index contributed by atoms with van der Waals surface area (Å²) in [5.74, 6) is 0. The van der Waals surface area contributed by atoms with Gasteiger partial charge in [-0.1, -0.05) is 30.3 Å². The van der Waals surface area contributed by atoms with Gasteiger partial charge in [-0.3, -0.25) is 4.90 Å². The molecule has 0 spiro atoms. The van der Waals surface area contributed by atoms with Crippen molar-refractivity contribution in [3.8, 4) is 0 Å². The molecule has 4 heteroatoms. The van der Waals surface area contributed by atoms with Gasteiger partial charge >= 0.3 is 6.09 Å². The molecule has 0 fully saturated rings. The Morgan fingerprint density at radius 3 is 2.56 bits per heavy atom. The molecular weight excluding hydrogens is 228 g/mol.